The van der Waals surface area contributed by atoms with Crippen molar-refractivity contribution in [3.63, 3.8) is 0 Å². The molecule has 0 radical (unpaired) electrons. The highest BCUT2D eigenvalue weighted by molar-refractivity contribution is 7.15. The van der Waals surface area contributed by atoms with Gasteiger partial charge in [0.05, 0.1) is 0 Å². The van der Waals surface area contributed by atoms with Crippen LogP contribution < -0.4 is 36.0 Å². The maximum absolute atomic E-state index is 2.55. The van der Waals surface area contributed by atoms with Crippen LogP contribution >= 0.6 is 0 Å². The van der Waals surface area contributed by atoms with E-state index in [0.717, 1.165) is 28.2 Å². The van der Waals surface area contributed by atoms with E-state index in [9.17, 15) is 0 Å². The quantitative estimate of drug-likeness (QED) is 0.0824. The summed E-state index contributed by atoms with van der Waals surface area (Å²) in [5.41, 5.74) is 10.7. The van der Waals surface area contributed by atoms with Gasteiger partial charge in [0.1, 0.15) is 0 Å². The molecule has 0 aromatic heterocycles. The third kappa shape index (κ3) is 8.39. The molecule has 310 valence electrons. The molecule has 0 spiro atoms. The van der Waals surface area contributed by atoms with Crippen molar-refractivity contribution in [2.75, 3.05) is 4.90 Å². The van der Waals surface area contributed by atoms with Gasteiger partial charge in [-0.15, -0.1) is 0 Å². The summed E-state index contributed by atoms with van der Waals surface area (Å²) >= 11 is 0. The first-order chi connectivity index (χ1) is 32.2. The monoisotopic (exact) mass is 863 g/mol. The van der Waals surface area contributed by atoms with E-state index >= 15 is 0 Å². The van der Waals surface area contributed by atoms with Crippen molar-refractivity contribution in [3.8, 4) is 0 Å². The molecular weight excluding hydrogens is 815 g/mol. The first kappa shape index (κ1) is 41.2. The average molecular weight is 864 g/mol. The second kappa shape index (κ2) is 18.9. The Morgan fingerprint density at radius 3 is 0.846 bits per heavy atom. The molecule has 0 N–H and O–H groups in total. The summed E-state index contributed by atoms with van der Waals surface area (Å²) in [6, 6.07) is 99.8. The fourth-order valence-electron chi connectivity index (χ4n) is 9.46. The molecule has 0 saturated heterocycles. The van der Waals surface area contributed by atoms with Crippen LogP contribution in [0.25, 0.3) is 22.9 Å². The van der Waals surface area contributed by atoms with E-state index in [0.29, 0.717) is 0 Å². The number of hydrogen-bond donors (Lipinski definition) is 0. The van der Waals surface area contributed by atoms with E-state index in [1.165, 1.54) is 41.9 Å². The zero-order chi connectivity index (χ0) is 43.7. The van der Waals surface area contributed by atoms with Crippen molar-refractivity contribution in [1.82, 2.24) is 0 Å². The van der Waals surface area contributed by atoms with E-state index in [-0.39, 0.29) is 0 Å². The molecule has 0 aliphatic rings. The molecule has 0 saturated carbocycles. The van der Waals surface area contributed by atoms with Gasteiger partial charge in [0, 0.05) is 17.1 Å². The molecule has 0 fully saturated rings. The van der Waals surface area contributed by atoms with Crippen molar-refractivity contribution in [2.24, 2.45) is 0 Å². The molecule has 10 rings (SSSR count). The van der Waals surface area contributed by atoms with E-state index in [1.807, 2.05) is 0 Å². The molecule has 0 amide bonds. The van der Waals surface area contributed by atoms with Gasteiger partial charge < -0.3 is 4.90 Å². The Bertz CT molecular complexity index is 2780. The first-order valence-electron chi connectivity index (χ1n) is 22.4. The molecule has 0 aliphatic carbocycles. The molecule has 0 unspecified atom stereocenters. The molecule has 3 heteroatoms. The van der Waals surface area contributed by atoms with Crippen molar-refractivity contribution in [3.05, 3.63) is 296 Å². The van der Waals surface area contributed by atoms with Gasteiger partial charge in [-0.3, -0.25) is 0 Å². The zero-order valence-electron chi connectivity index (χ0n) is 36.2. The van der Waals surface area contributed by atoms with Gasteiger partial charge in [0.2, 0.25) is 0 Å². The summed E-state index contributed by atoms with van der Waals surface area (Å²) in [5.74, 6) is 0. The Kier molecular flexibility index (Phi) is 12.0. The first-order valence-corrected chi connectivity index (χ1v) is 26.6. The topological polar surface area (TPSA) is 3.24 Å². The smallest absolute Gasteiger partial charge is 0.172 e. The summed E-state index contributed by atoms with van der Waals surface area (Å²) in [7, 11) is -5.10. The van der Waals surface area contributed by atoms with Crippen LogP contribution in [0.3, 0.4) is 0 Å². The van der Waals surface area contributed by atoms with Crippen LogP contribution in [0.4, 0.5) is 17.1 Å². The second-order valence-electron chi connectivity index (χ2n) is 16.5. The van der Waals surface area contributed by atoms with Crippen LogP contribution in [-0.4, -0.2) is 16.1 Å². The maximum atomic E-state index is 2.51. The Hall–Kier alpha value is -7.83. The lowest BCUT2D eigenvalue weighted by Gasteiger charge is -2.31. The third-order valence-corrected chi connectivity index (χ3v) is 21.5. The molecule has 1 nitrogen and oxygen atoms in total. The van der Waals surface area contributed by atoms with E-state index in [1.54, 1.807) is 0 Å². The van der Waals surface area contributed by atoms with Crippen LogP contribution in [-0.2, 0) is 0 Å². The van der Waals surface area contributed by atoms with E-state index in [2.05, 4.69) is 301 Å². The maximum Gasteiger partial charge on any atom is 0.172 e. The fraction of sp³-hybridized carbons (Fsp3) is 0. The predicted molar refractivity (Wildman–Crippen MR) is 285 cm³/mol. The molecule has 65 heavy (non-hydrogen) atoms. The van der Waals surface area contributed by atoms with Crippen LogP contribution in [0.15, 0.2) is 284 Å². The zero-order valence-corrected chi connectivity index (χ0v) is 38.2. The number of benzene rings is 10. The SMILES string of the molecule is C(=C\[Si](c1ccccc1)(c1ccccc1)c1ccccc1)/c1ccc(N(c2ccc(/C=C/[Si](c3ccccc3)(c3ccccc3)c3ccccc3)cc2)c2ccc3ccccc3c2)cc1. The summed E-state index contributed by atoms with van der Waals surface area (Å²) < 4.78 is 0. The highest BCUT2D eigenvalue weighted by Crippen LogP contribution is 2.36. The lowest BCUT2D eigenvalue weighted by atomic mass is 10.1. The Morgan fingerprint density at radius 1 is 0.246 bits per heavy atom. The Labute approximate surface area is 385 Å². The number of hydrogen-bond acceptors (Lipinski definition) is 1. The minimum atomic E-state index is -2.55. The van der Waals surface area contributed by atoms with Gasteiger partial charge in [-0.25, -0.2) is 0 Å². The highest BCUT2D eigenvalue weighted by Gasteiger charge is 2.38. The van der Waals surface area contributed by atoms with E-state index < -0.39 is 16.1 Å². The minimum Gasteiger partial charge on any atom is -0.310 e. The lowest BCUT2D eigenvalue weighted by Crippen LogP contribution is -2.66. The highest BCUT2D eigenvalue weighted by atomic mass is 28.3. The van der Waals surface area contributed by atoms with Gasteiger partial charge in [-0.05, 0) is 89.4 Å². The van der Waals surface area contributed by atoms with Gasteiger partial charge >= 0.3 is 0 Å². The standard InChI is InChI=1S/C62H49NSi2/c1-7-23-57(24-8-1)64(58-25-9-2-10-26-58,59-27-11-3-12-28-59)47-45-50-35-40-54(41-36-50)63(56-44-39-52-21-19-20-22-53(52)49-56)55-42-37-51(38-43-55)46-48-65(60-29-13-4-14-30-60,61-31-15-5-16-32-61)62-33-17-6-18-34-62/h1-49H/b47-45+,48-46+. The van der Waals surface area contributed by atoms with Gasteiger partial charge in [-0.1, -0.05) is 260 Å². The average Bonchev–Trinajstić information content (AvgIpc) is 3.39. The fourth-order valence-corrected chi connectivity index (χ4v) is 17.8. The lowest BCUT2D eigenvalue weighted by molar-refractivity contribution is 1.29. The summed E-state index contributed by atoms with van der Waals surface area (Å²) in [4.78, 5) is 2.38. The second-order valence-corrected chi connectivity index (χ2v) is 23.9. The van der Waals surface area contributed by atoms with Gasteiger partial charge in [0.25, 0.3) is 0 Å². The van der Waals surface area contributed by atoms with Crippen molar-refractivity contribution in [2.45, 2.75) is 0 Å². The molecular formula is C62H49NSi2. The third-order valence-electron chi connectivity index (χ3n) is 12.7. The van der Waals surface area contributed by atoms with Gasteiger partial charge in [-0.2, -0.15) is 0 Å². The number of anilines is 3. The summed E-state index contributed by atoms with van der Waals surface area (Å²) in [6.07, 6.45) is 4.68. The minimum absolute atomic E-state index is 1.10. The molecule has 0 bridgehead atoms. The Balaban J connectivity index is 1.03. The summed E-state index contributed by atoms with van der Waals surface area (Å²) in [5, 5.41) is 10.6. The van der Waals surface area contributed by atoms with Crippen LogP contribution in [0.2, 0.25) is 0 Å². The predicted octanol–water partition coefficient (Wildman–Crippen LogP) is 11.8. The normalized spacial score (nSPS) is 11.9. The van der Waals surface area contributed by atoms with Crippen LogP contribution in [0.1, 0.15) is 11.1 Å². The summed E-state index contributed by atoms with van der Waals surface area (Å²) in [6.45, 7) is 0. The number of nitrogens with zero attached hydrogens (tertiary/aromatic N) is 1. The van der Waals surface area contributed by atoms with Gasteiger partial charge in [0.15, 0.2) is 16.1 Å². The molecule has 10 aromatic rings. The van der Waals surface area contributed by atoms with Crippen LogP contribution in [0.5, 0.6) is 0 Å². The molecule has 0 aliphatic heterocycles. The van der Waals surface area contributed by atoms with Crippen molar-refractivity contribution >= 4 is 87.3 Å². The number of rotatable bonds is 13. The Morgan fingerprint density at radius 2 is 0.523 bits per heavy atom. The van der Waals surface area contributed by atoms with Crippen molar-refractivity contribution < 1.29 is 0 Å². The largest absolute Gasteiger partial charge is 0.310 e. The molecule has 10 aromatic carbocycles. The molecule has 0 atom stereocenters. The van der Waals surface area contributed by atoms with Crippen LogP contribution in [0, 0.1) is 0 Å². The van der Waals surface area contributed by atoms with Crippen molar-refractivity contribution in [1.29, 1.82) is 0 Å². The molecule has 0 heterocycles. The van der Waals surface area contributed by atoms with E-state index in [4.69, 9.17) is 0 Å². The number of fused-ring (bicyclic) bond motifs is 1.